The van der Waals surface area contributed by atoms with E-state index in [1.54, 1.807) is 6.20 Å². The molecule has 19 heavy (non-hydrogen) atoms. The SMILES string of the molecule is CC(C)NC(=O)C1CCN(c2ccnc(Cl)c2)CC1. The van der Waals surface area contributed by atoms with Gasteiger partial charge < -0.3 is 10.2 Å². The molecule has 0 saturated carbocycles. The Morgan fingerprint density at radius 2 is 2.16 bits per heavy atom. The summed E-state index contributed by atoms with van der Waals surface area (Å²) in [6.45, 7) is 5.76. The average molecular weight is 282 g/mol. The molecule has 2 heterocycles. The van der Waals surface area contributed by atoms with Crippen LogP contribution in [0.5, 0.6) is 0 Å². The third-order valence-corrected chi connectivity index (χ3v) is 3.58. The Balaban J connectivity index is 1.90. The summed E-state index contributed by atoms with van der Waals surface area (Å²) in [6.07, 6.45) is 3.49. The molecule has 104 valence electrons. The summed E-state index contributed by atoms with van der Waals surface area (Å²) in [5.74, 6) is 0.318. The highest BCUT2D eigenvalue weighted by Crippen LogP contribution is 2.24. The van der Waals surface area contributed by atoms with Crippen LogP contribution in [0, 0.1) is 5.92 Å². The molecule has 4 nitrogen and oxygen atoms in total. The fourth-order valence-corrected chi connectivity index (χ4v) is 2.56. The Bertz CT molecular complexity index is 442. The number of pyridine rings is 1. The van der Waals surface area contributed by atoms with Crippen molar-refractivity contribution >= 4 is 23.2 Å². The fraction of sp³-hybridized carbons (Fsp3) is 0.571. The first-order valence-corrected chi connectivity index (χ1v) is 7.11. The number of anilines is 1. The minimum Gasteiger partial charge on any atom is -0.371 e. The van der Waals surface area contributed by atoms with E-state index in [-0.39, 0.29) is 17.9 Å². The van der Waals surface area contributed by atoms with Crippen LogP contribution >= 0.6 is 11.6 Å². The fourth-order valence-electron chi connectivity index (χ4n) is 2.39. The summed E-state index contributed by atoms with van der Waals surface area (Å²) in [5, 5.41) is 3.50. The first-order valence-electron chi connectivity index (χ1n) is 6.73. The highest BCUT2D eigenvalue weighted by Gasteiger charge is 2.25. The summed E-state index contributed by atoms with van der Waals surface area (Å²) in [4.78, 5) is 18.2. The zero-order chi connectivity index (χ0) is 13.8. The van der Waals surface area contributed by atoms with Crippen LogP contribution in [-0.2, 0) is 4.79 Å². The molecule has 0 aromatic carbocycles. The van der Waals surface area contributed by atoms with Crippen molar-refractivity contribution in [3.8, 4) is 0 Å². The second-order valence-corrected chi connectivity index (χ2v) is 5.65. The summed E-state index contributed by atoms with van der Waals surface area (Å²) in [6, 6.07) is 4.04. The van der Waals surface area contributed by atoms with Crippen LogP contribution in [0.1, 0.15) is 26.7 Å². The molecule has 1 N–H and O–H groups in total. The van der Waals surface area contributed by atoms with E-state index in [0.717, 1.165) is 31.6 Å². The van der Waals surface area contributed by atoms with Gasteiger partial charge in [-0.1, -0.05) is 11.6 Å². The quantitative estimate of drug-likeness (QED) is 0.866. The van der Waals surface area contributed by atoms with Crippen LogP contribution in [0.2, 0.25) is 5.15 Å². The van der Waals surface area contributed by atoms with Gasteiger partial charge in [0.05, 0.1) is 0 Å². The van der Waals surface area contributed by atoms with Gasteiger partial charge in [0.15, 0.2) is 0 Å². The normalized spacial score (nSPS) is 16.7. The van der Waals surface area contributed by atoms with Crippen molar-refractivity contribution in [2.24, 2.45) is 5.92 Å². The number of aromatic nitrogens is 1. The van der Waals surface area contributed by atoms with Crippen LogP contribution in [-0.4, -0.2) is 30.0 Å². The van der Waals surface area contributed by atoms with E-state index >= 15 is 0 Å². The van der Waals surface area contributed by atoms with Crippen LogP contribution in [0.25, 0.3) is 0 Å². The van der Waals surface area contributed by atoms with Crippen LogP contribution in [0.3, 0.4) is 0 Å². The maximum absolute atomic E-state index is 11.9. The van der Waals surface area contributed by atoms with E-state index in [1.165, 1.54) is 0 Å². The monoisotopic (exact) mass is 281 g/mol. The molecule has 0 unspecified atom stereocenters. The van der Waals surface area contributed by atoms with Gasteiger partial charge in [0.2, 0.25) is 5.91 Å². The predicted molar refractivity (Wildman–Crippen MR) is 77.5 cm³/mol. The molecule has 0 spiro atoms. The molecule has 1 amide bonds. The Morgan fingerprint density at radius 3 is 2.74 bits per heavy atom. The van der Waals surface area contributed by atoms with E-state index in [0.29, 0.717) is 5.15 Å². The summed E-state index contributed by atoms with van der Waals surface area (Å²) < 4.78 is 0. The Kier molecular flexibility index (Phi) is 4.64. The highest BCUT2D eigenvalue weighted by molar-refractivity contribution is 6.29. The highest BCUT2D eigenvalue weighted by atomic mass is 35.5. The average Bonchev–Trinajstić information content (AvgIpc) is 2.38. The third-order valence-electron chi connectivity index (χ3n) is 3.37. The lowest BCUT2D eigenvalue weighted by Crippen LogP contribution is -2.42. The lowest BCUT2D eigenvalue weighted by molar-refractivity contribution is -0.126. The van der Waals surface area contributed by atoms with E-state index < -0.39 is 0 Å². The predicted octanol–water partition coefficient (Wildman–Crippen LogP) is 2.48. The molecule has 0 aliphatic carbocycles. The first kappa shape index (κ1) is 14.1. The Morgan fingerprint density at radius 1 is 1.47 bits per heavy atom. The van der Waals surface area contributed by atoms with Gasteiger partial charge in [-0.25, -0.2) is 4.98 Å². The zero-order valence-electron chi connectivity index (χ0n) is 11.4. The van der Waals surface area contributed by atoms with Crippen molar-refractivity contribution in [1.82, 2.24) is 10.3 Å². The van der Waals surface area contributed by atoms with Crippen molar-refractivity contribution in [1.29, 1.82) is 0 Å². The summed E-state index contributed by atoms with van der Waals surface area (Å²) >= 11 is 5.90. The molecule has 1 aromatic rings. The number of carbonyl (C=O) groups is 1. The van der Waals surface area contributed by atoms with Gasteiger partial charge in [0.1, 0.15) is 5.15 Å². The number of hydrogen-bond acceptors (Lipinski definition) is 3. The van der Waals surface area contributed by atoms with E-state index in [4.69, 9.17) is 11.6 Å². The number of nitrogens with one attached hydrogen (secondary N) is 1. The summed E-state index contributed by atoms with van der Waals surface area (Å²) in [7, 11) is 0. The minimum atomic E-state index is 0.135. The first-order chi connectivity index (χ1) is 9.06. The van der Waals surface area contributed by atoms with Crippen LogP contribution in [0.4, 0.5) is 5.69 Å². The molecular weight excluding hydrogens is 262 g/mol. The second kappa shape index (κ2) is 6.24. The molecule has 2 rings (SSSR count). The van der Waals surface area contributed by atoms with E-state index in [9.17, 15) is 4.79 Å². The zero-order valence-corrected chi connectivity index (χ0v) is 12.2. The molecule has 1 saturated heterocycles. The van der Waals surface area contributed by atoms with Gasteiger partial charge in [-0.3, -0.25) is 4.79 Å². The third kappa shape index (κ3) is 3.83. The topological polar surface area (TPSA) is 45.2 Å². The number of nitrogens with zero attached hydrogens (tertiary/aromatic N) is 2. The number of carbonyl (C=O) groups excluding carboxylic acids is 1. The van der Waals surface area contributed by atoms with Crippen LogP contribution in [0.15, 0.2) is 18.3 Å². The largest absolute Gasteiger partial charge is 0.371 e. The van der Waals surface area contributed by atoms with Crippen LogP contribution < -0.4 is 10.2 Å². The van der Waals surface area contributed by atoms with Crippen molar-refractivity contribution in [3.05, 3.63) is 23.5 Å². The molecule has 1 aromatic heterocycles. The van der Waals surface area contributed by atoms with Gasteiger partial charge in [-0.05, 0) is 38.8 Å². The maximum atomic E-state index is 11.9. The molecule has 0 atom stereocenters. The lowest BCUT2D eigenvalue weighted by atomic mass is 9.95. The molecule has 0 bridgehead atoms. The Hall–Kier alpha value is -1.29. The van der Waals surface area contributed by atoms with Crippen molar-refractivity contribution < 1.29 is 4.79 Å². The minimum absolute atomic E-state index is 0.135. The number of piperidine rings is 1. The standard InChI is InChI=1S/C14H20ClN3O/c1-10(2)17-14(19)11-4-7-18(8-5-11)12-3-6-16-13(15)9-12/h3,6,9-11H,4-5,7-8H2,1-2H3,(H,17,19). The van der Waals surface area contributed by atoms with Gasteiger partial charge in [0, 0.05) is 36.9 Å². The molecule has 1 aliphatic rings. The van der Waals surface area contributed by atoms with Crippen molar-refractivity contribution in [3.63, 3.8) is 0 Å². The van der Waals surface area contributed by atoms with Crippen molar-refractivity contribution in [2.75, 3.05) is 18.0 Å². The van der Waals surface area contributed by atoms with Gasteiger partial charge >= 0.3 is 0 Å². The molecule has 1 fully saturated rings. The van der Waals surface area contributed by atoms with Gasteiger partial charge in [0.25, 0.3) is 0 Å². The maximum Gasteiger partial charge on any atom is 0.223 e. The summed E-state index contributed by atoms with van der Waals surface area (Å²) in [5.41, 5.74) is 1.09. The van der Waals surface area contributed by atoms with E-state index in [2.05, 4.69) is 15.2 Å². The molecular formula is C14H20ClN3O. The Labute approximate surface area is 119 Å². The number of rotatable bonds is 3. The lowest BCUT2D eigenvalue weighted by Gasteiger charge is -2.33. The van der Waals surface area contributed by atoms with E-state index in [1.807, 2.05) is 26.0 Å². The number of halogens is 1. The smallest absolute Gasteiger partial charge is 0.223 e. The molecule has 1 aliphatic heterocycles. The number of hydrogen-bond donors (Lipinski definition) is 1. The number of amides is 1. The molecule has 0 radical (unpaired) electrons. The van der Waals surface area contributed by atoms with Gasteiger partial charge in [-0.2, -0.15) is 0 Å². The second-order valence-electron chi connectivity index (χ2n) is 5.26. The van der Waals surface area contributed by atoms with Crippen molar-refractivity contribution in [2.45, 2.75) is 32.7 Å². The van der Waals surface area contributed by atoms with Gasteiger partial charge in [-0.15, -0.1) is 0 Å². The molecule has 5 heteroatoms.